The Morgan fingerprint density at radius 2 is 2.08 bits per heavy atom. The second-order valence-corrected chi connectivity index (χ2v) is 7.02. The summed E-state index contributed by atoms with van der Waals surface area (Å²) in [4.78, 5) is 8.90. The van der Waals surface area contributed by atoms with Crippen LogP contribution in [-0.4, -0.2) is 37.6 Å². The van der Waals surface area contributed by atoms with Gasteiger partial charge in [0.1, 0.15) is 0 Å². The topological polar surface area (TPSA) is 86.4 Å². The molecule has 0 aromatic carbocycles. The van der Waals surface area contributed by atoms with E-state index in [1.807, 2.05) is 23.0 Å². The summed E-state index contributed by atoms with van der Waals surface area (Å²) in [5.74, 6) is 0. The van der Waals surface area contributed by atoms with Crippen LogP contribution in [0, 0.1) is 0 Å². The maximum absolute atomic E-state index is 5.76. The molecule has 0 radical (unpaired) electrons. The van der Waals surface area contributed by atoms with Crippen molar-refractivity contribution in [2.75, 3.05) is 7.05 Å². The predicted molar refractivity (Wildman–Crippen MR) is 103 cm³/mol. The van der Waals surface area contributed by atoms with Crippen molar-refractivity contribution in [1.29, 1.82) is 0 Å². The number of hydrogen-bond donors (Lipinski definition) is 1. The van der Waals surface area contributed by atoms with Crippen LogP contribution >= 0.6 is 0 Å². The highest BCUT2D eigenvalue weighted by molar-refractivity contribution is 6.09. The van der Waals surface area contributed by atoms with Gasteiger partial charge < -0.3 is 5.73 Å². The lowest BCUT2D eigenvalue weighted by atomic mass is 10.0. The molecule has 0 amide bonds. The van der Waals surface area contributed by atoms with Gasteiger partial charge in [-0.05, 0) is 25.8 Å². The molecular weight excluding hydrogens is 326 g/mol. The number of nitrogens with zero attached hydrogens (tertiary/aromatic N) is 6. The third kappa shape index (κ3) is 2.69. The fourth-order valence-corrected chi connectivity index (χ4v) is 3.72. The second kappa shape index (κ2) is 6.40. The highest BCUT2D eigenvalue weighted by Gasteiger charge is 2.31. The van der Waals surface area contributed by atoms with Gasteiger partial charge in [-0.25, -0.2) is 9.50 Å². The van der Waals surface area contributed by atoms with Crippen molar-refractivity contribution in [3.05, 3.63) is 42.7 Å². The third-order valence-electron chi connectivity index (χ3n) is 5.22. The fourth-order valence-electron chi connectivity index (χ4n) is 3.72. The Kier molecular flexibility index (Phi) is 4.06. The van der Waals surface area contributed by atoms with E-state index in [-0.39, 0.29) is 5.54 Å². The number of aromatic nitrogens is 5. The maximum Gasteiger partial charge on any atom is 0.0999 e. The zero-order chi connectivity index (χ0) is 18.1. The average molecular weight is 349 g/mol. The number of nitrogens with two attached hydrogens (primary N) is 1. The van der Waals surface area contributed by atoms with Crippen LogP contribution in [0.3, 0.4) is 0 Å². The first-order valence-corrected chi connectivity index (χ1v) is 8.89. The van der Waals surface area contributed by atoms with Crippen LogP contribution in [0.1, 0.15) is 38.3 Å². The first-order chi connectivity index (χ1) is 12.6. The lowest BCUT2D eigenvalue weighted by molar-refractivity contribution is 0.296. The van der Waals surface area contributed by atoms with Crippen molar-refractivity contribution in [2.24, 2.45) is 10.7 Å². The molecule has 2 N–H and O–H groups in total. The molecule has 1 aliphatic rings. The first-order valence-electron chi connectivity index (χ1n) is 8.89. The molecule has 134 valence electrons. The van der Waals surface area contributed by atoms with Crippen molar-refractivity contribution in [2.45, 2.75) is 38.1 Å². The molecule has 0 saturated heterocycles. The van der Waals surface area contributed by atoms with E-state index < -0.39 is 0 Å². The third-order valence-corrected chi connectivity index (χ3v) is 5.22. The number of aliphatic imine (C=N–C) groups is 1. The van der Waals surface area contributed by atoms with E-state index in [2.05, 4.69) is 33.0 Å². The summed E-state index contributed by atoms with van der Waals surface area (Å²) in [5, 5.41) is 9.03. The van der Waals surface area contributed by atoms with Gasteiger partial charge in [0.15, 0.2) is 0 Å². The predicted octanol–water partition coefficient (Wildman–Crippen LogP) is 2.88. The largest absolute Gasteiger partial charge is 0.404 e. The minimum Gasteiger partial charge on any atom is -0.404 e. The minimum absolute atomic E-state index is 0.101. The Labute approximate surface area is 152 Å². The van der Waals surface area contributed by atoms with E-state index in [0.717, 1.165) is 40.9 Å². The zero-order valence-electron chi connectivity index (χ0n) is 15.1. The number of rotatable bonds is 4. The smallest absolute Gasteiger partial charge is 0.0999 e. The fraction of sp³-hybridized carbons (Fsp3) is 0.368. The van der Waals surface area contributed by atoms with E-state index in [1.54, 1.807) is 19.5 Å². The van der Waals surface area contributed by atoms with E-state index in [4.69, 9.17) is 10.7 Å². The SMILES string of the molecule is CN=CC(=CN)c1cn2nccc2c(-c2cnn(C3(C)CCCC3)c2)n1. The molecule has 0 atom stereocenters. The quantitative estimate of drug-likeness (QED) is 0.734. The summed E-state index contributed by atoms with van der Waals surface area (Å²) in [6, 6.07) is 1.96. The van der Waals surface area contributed by atoms with Gasteiger partial charge in [0, 0.05) is 36.8 Å². The molecule has 1 aliphatic carbocycles. The summed E-state index contributed by atoms with van der Waals surface area (Å²) in [6.45, 7) is 2.28. The van der Waals surface area contributed by atoms with Crippen LogP contribution in [0.15, 0.2) is 42.0 Å². The molecule has 0 unspecified atom stereocenters. The van der Waals surface area contributed by atoms with Gasteiger partial charge in [-0.1, -0.05) is 12.8 Å². The Morgan fingerprint density at radius 1 is 1.27 bits per heavy atom. The summed E-state index contributed by atoms with van der Waals surface area (Å²) in [5.41, 5.74) is 10.1. The Balaban J connectivity index is 1.83. The van der Waals surface area contributed by atoms with Gasteiger partial charge in [-0.3, -0.25) is 9.67 Å². The standard InChI is InChI=1S/C19H23N7/c1-19(6-3-4-7-19)26-12-15(11-23-26)18-17-5-8-22-25(17)13-16(24-18)14(9-20)10-21-2/h5,8-13H,3-4,6-7,20H2,1-2H3. The molecule has 1 fully saturated rings. The summed E-state index contributed by atoms with van der Waals surface area (Å²) in [6.07, 6.45) is 15.7. The van der Waals surface area contributed by atoms with E-state index in [9.17, 15) is 0 Å². The highest BCUT2D eigenvalue weighted by atomic mass is 15.3. The van der Waals surface area contributed by atoms with Gasteiger partial charge in [-0.15, -0.1) is 0 Å². The second-order valence-electron chi connectivity index (χ2n) is 7.02. The van der Waals surface area contributed by atoms with Crippen LogP contribution in [0.2, 0.25) is 0 Å². The van der Waals surface area contributed by atoms with E-state index >= 15 is 0 Å². The number of allylic oxidation sites excluding steroid dienone is 1. The molecule has 0 bridgehead atoms. The van der Waals surface area contributed by atoms with Gasteiger partial charge in [0.05, 0.1) is 41.0 Å². The monoisotopic (exact) mass is 349 g/mol. The van der Waals surface area contributed by atoms with Crippen LogP contribution in [0.4, 0.5) is 0 Å². The lowest BCUT2D eigenvalue weighted by Crippen LogP contribution is -2.26. The van der Waals surface area contributed by atoms with Gasteiger partial charge in [0.25, 0.3) is 0 Å². The lowest BCUT2D eigenvalue weighted by Gasteiger charge is -2.24. The minimum atomic E-state index is 0.101. The zero-order valence-corrected chi connectivity index (χ0v) is 15.1. The Bertz CT molecular complexity index is 986. The van der Waals surface area contributed by atoms with Gasteiger partial charge in [-0.2, -0.15) is 10.2 Å². The van der Waals surface area contributed by atoms with Crippen LogP contribution in [0.25, 0.3) is 22.3 Å². The van der Waals surface area contributed by atoms with Crippen molar-refractivity contribution in [1.82, 2.24) is 24.4 Å². The number of hydrogen-bond acceptors (Lipinski definition) is 5. The van der Waals surface area contributed by atoms with Crippen molar-refractivity contribution in [3.8, 4) is 11.3 Å². The number of fused-ring (bicyclic) bond motifs is 1. The maximum atomic E-state index is 5.76. The first kappa shape index (κ1) is 16.5. The Morgan fingerprint density at radius 3 is 2.81 bits per heavy atom. The Hall–Kier alpha value is -2.96. The highest BCUT2D eigenvalue weighted by Crippen LogP contribution is 2.36. The normalized spacial score (nSPS) is 17.5. The summed E-state index contributed by atoms with van der Waals surface area (Å²) in [7, 11) is 1.71. The average Bonchev–Trinajstić information content (AvgIpc) is 3.38. The molecule has 3 heterocycles. The van der Waals surface area contributed by atoms with Gasteiger partial charge >= 0.3 is 0 Å². The van der Waals surface area contributed by atoms with Crippen molar-refractivity contribution in [3.63, 3.8) is 0 Å². The van der Waals surface area contributed by atoms with Gasteiger partial charge in [0.2, 0.25) is 0 Å². The van der Waals surface area contributed by atoms with Crippen molar-refractivity contribution >= 4 is 17.3 Å². The van der Waals surface area contributed by atoms with Crippen LogP contribution < -0.4 is 5.73 Å². The van der Waals surface area contributed by atoms with Crippen LogP contribution in [-0.2, 0) is 5.54 Å². The molecule has 0 aliphatic heterocycles. The molecule has 26 heavy (non-hydrogen) atoms. The molecular formula is C19H23N7. The van der Waals surface area contributed by atoms with E-state index in [1.165, 1.54) is 19.0 Å². The summed E-state index contributed by atoms with van der Waals surface area (Å²) >= 11 is 0. The molecule has 3 aromatic rings. The molecule has 3 aromatic heterocycles. The molecule has 1 saturated carbocycles. The molecule has 7 heteroatoms. The van der Waals surface area contributed by atoms with E-state index in [0.29, 0.717) is 0 Å². The van der Waals surface area contributed by atoms with Crippen molar-refractivity contribution < 1.29 is 0 Å². The molecule has 7 nitrogen and oxygen atoms in total. The summed E-state index contributed by atoms with van der Waals surface area (Å²) < 4.78 is 3.92. The molecule has 4 rings (SSSR count). The molecule has 0 spiro atoms. The van der Waals surface area contributed by atoms with Crippen LogP contribution in [0.5, 0.6) is 0 Å².